The smallest absolute Gasteiger partial charge is 0.270 e. The molecule has 2 aromatic heterocycles. The highest BCUT2D eigenvalue weighted by Gasteiger charge is 2.08. The molecule has 0 saturated heterocycles. The lowest BCUT2D eigenvalue weighted by molar-refractivity contribution is 0.107. The topological polar surface area (TPSA) is 34.4 Å². The van der Waals surface area contributed by atoms with E-state index in [1.54, 1.807) is 22.7 Å². The molecule has 0 saturated carbocycles. The van der Waals surface area contributed by atoms with Crippen molar-refractivity contribution < 1.29 is 4.79 Å². The Morgan fingerprint density at radius 2 is 2.31 bits per heavy atom. The molecule has 0 aromatic carbocycles. The predicted molar refractivity (Wildman–Crippen MR) is 50.8 cm³/mol. The zero-order valence-corrected chi connectivity index (χ0v) is 7.32. The van der Waals surface area contributed by atoms with Gasteiger partial charge in [0.1, 0.15) is 19.2 Å². The molecule has 2 rings (SSSR count). The Kier molecular flexibility index (Phi) is 1.85. The molecule has 0 aliphatic carbocycles. The van der Waals surface area contributed by atoms with Crippen molar-refractivity contribution in [2.24, 2.45) is 0 Å². The van der Waals surface area contributed by atoms with Crippen LogP contribution in [0.15, 0.2) is 24.5 Å². The maximum absolute atomic E-state index is 10.9. The second-order valence-corrected chi connectivity index (χ2v) is 2.95. The summed E-state index contributed by atoms with van der Waals surface area (Å²) in [6, 6.07) is 3.43. The van der Waals surface area contributed by atoms with E-state index >= 15 is 0 Å². The minimum atomic E-state index is -0.543. The fourth-order valence-electron chi connectivity index (χ4n) is 1.14. The molecule has 62 valence electrons. The fourth-order valence-corrected chi connectivity index (χ4v) is 1.28. The van der Waals surface area contributed by atoms with Crippen molar-refractivity contribution in [1.29, 1.82) is 0 Å². The Morgan fingerprint density at radius 3 is 3.00 bits per heavy atom. The fraction of sp³-hybridized carbons (Fsp3) is 0. The number of aromatic nitrogens is 2. The monoisotopic (exact) mass is 190 g/mol. The number of hydrogen-bond donors (Lipinski definition) is 0. The van der Waals surface area contributed by atoms with Gasteiger partial charge in [0.25, 0.3) is 5.24 Å². The number of pyridine rings is 1. The molecule has 0 aliphatic heterocycles. The summed E-state index contributed by atoms with van der Waals surface area (Å²) in [5.41, 5.74) is 1.53. The molecule has 0 N–H and O–H groups in total. The first-order chi connectivity index (χ1) is 6.18. The molecule has 0 unspecified atom stereocenters. The van der Waals surface area contributed by atoms with Gasteiger partial charge in [-0.15, -0.1) is 0 Å². The maximum Gasteiger partial charge on any atom is 0.270 e. The number of rotatable bonds is 1. The molecule has 5 heteroatoms. The molecule has 0 bridgehead atoms. The predicted octanol–water partition coefficient (Wildman–Crippen LogP) is 0.507. The van der Waals surface area contributed by atoms with Gasteiger partial charge >= 0.3 is 0 Å². The summed E-state index contributed by atoms with van der Waals surface area (Å²) < 4.78 is 1.56. The van der Waals surface area contributed by atoms with Gasteiger partial charge in [0.15, 0.2) is 0 Å². The molecule has 2 radical (unpaired) electrons. The van der Waals surface area contributed by atoms with Gasteiger partial charge in [0, 0.05) is 6.20 Å². The highest BCUT2D eigenvalue weighted by molar-refractivity contribution is 6.67. The normalized spacial score (nSPS) is 10.5. The average molecular weight is 190 g/mol. The highest BCUT2D eigenvalue weighted by Crippen LogP contribution is 2.07. The number of halogens is 1. The summed E-state index contributed by atoms with van der Waals surface area (Å²) in [5, 5.41) is -0.543. The van der Waals surface area contributed by atoms with E-state index in [0.29, 0.717) is 16.8 Å². The van der Waals surface area contributed by atoms with Crippen LogP contribution in [0.5, 0.6) is 0 Å². The summed E-state index contributed by atoms with van der Waals surface area (Å²) in [7, 11) is 5.55. The average Bonchev–Trinajstić information content (AvgIpc) is 2.46. The molecule has 13 heavy (non-hydrogen) atoms. The Labute approximate surface area is 80.8 Å². The standard InChI is InChI=1S/C8H4BClN2O/c9-5-1-2-7-11-3-6(8(10)13)12(7)4-5/h1-4H. The van der Waals surface area contributed by atoms with E-state index in [2.05, 4.69) is 4.98 Å². The van der Waals surface area contributed by atoms with Gasteiger partial charge in [-0.25, -0.2) is 4.98 Å². The molecule has 0 amide bonds. The number of carbonyl (C=O) groups excluding carboxylic acids is 1. The Balaban J connectivity index is 2.79. The van der Waals surface area contributed by atoms with Gasteiger partial charge in [0.2, 0.25) is 0 Å². The number of nitrogens with zero attached hydrogens (tertiary/aromatic N) is 2. The van der Waals surface area contributed by atoms with E-state index in [4.69, 9.17) is 19.4 Å². The van der Waals surface area contributed by atoms with E-state index in [0.717, 1.165) is 0 Å². The van der Waals surface area contributed by atoms with E-state index in [-0.39, 0.29) is 0 Å². The van der Waals surface area contributed by atoms with Crippen LogP contribution in [-0.2, 0) is 0 Å². The molecule has 2 aromatic rings. The number of imidazole rings is 1. The summed E-state index contributed by atoms with van der Waals surface area (Å²) >= 11 is 5.34. The van der Waals surface area contributed by atoms with Crippen LogP contribution in [0.25, 0.3) is 5.65 Å². The zero-order valence-electron chi connectivity index (χ0n) is 6.57. The van der Waals surface area contributed by atoms with E-state index in [9.17, 15) is 4.79 Å². The van der Waals surface area contributed by atoms with Gasteiger partial charge < -0.3 is 0 Å². The molecule has 0 spiro atoms. The third-order valence-electron chi connectivity index (χ3n) is 1.73. The van der Waals surface area contributed by atoms with Crippen molar-refractivity contribution in [2.75, 3.05) is 0 Å². The summed E-state index contributed by atoms with van der Waals surface area (Å²) in [5.74, 6) is 0. The molecular formula is C8H4BClN2O. The first-order valence-corrected chi connectivity index (χ1v) is 3.98. The van der Waals surface area contributed by atoms with E-state index < -0.39 is 5.24 Å². The minimum Gasteiger partial charge on any atom is -0.297 e. The number of carbonyl (C=O) groups is 1. The van der Waals surface area contributed by atoms with Crippen molar-refractivity contribution in [3.05, 3.63) is 30.2 Å². The minimum absolute atomic E-state index is 0.323. The summed E-state index contributed by atoms with van der Waals surface area (Å²) in [6.07, 6.45) is 3.03. The first-order valence-electron chi connectivity index (χ1n) is 3.61. The summed E-state index contributed by atoms with van der Waals surface area (Å²) in [4.78, 5) is 14.9. The zero-order chi connectivity index (χ0) is 9.42. The SMILES string of the molecule is [B]c1ccc2ncc(C(=O)Cl)n2c1. The van der Waals surface area contributed by atoms with Crippen LogP contribution in [0.3, 0.4) is 0 Å². The second-order valence-electron chi connectivity index (χ2n) is 2.61. The van der Waals surface area contributed by atoms with Crippen LogP contribution >= 0.6 is 11.6 Å². The largest absolute Gasteiger partial charge is 0.297 e. The second kappa shape index (κ2) is 2.89. The summed E-state index contributed by atoms with van der Waals surface area (Å²) in [6.45, 7) is 0. The Hall–Kier alpha value is -1.29. The van der Waals surface area contributed by atoms with E-state index in [1.807, 2.05) is 0 Å². The Bertz CT molecular complexity index is 480. The highest BCUT2D eigenvalue weighted by atomic mass is 35.5. The van der Waals surface area contributed by atoms with Crippen LogP contribution in [0.2, 0.25) is 0 Å². The third kappa shape index (κ3) is 1.33. The number of hydrogen-bond acceptors (Lipinski definition) is 2. The third-order valence-corrected chi connectivity index (χ3v) is 1.92. The van der Waals surface area contributed by atoms with Crippen molar-refractivity contribution >= 4 is 35.8 Å². The lowest BCUT2D eigenvalue weighted by atomic mass is 9.99. The van der Waals surface area contributed by atoms with Gasteiger partial charge in [-0.1, -0.05) is 11.5 Å². The number of fused-ring (bicyclic) bond motifs is 1. The molecular weight excluding hydrogens is 186 g/mol. The Morgan fingerprint density at radius 1 is 1.54 bits per heavy atom. The lowest BCUT2D eigenvalue weighted by Crippen LogP contribution is -2.06. The van der Waals surface area contributed by atoms with Crippen LogP contribution in [-0.4, -0.2) is 22.5 Å². The van der Waals surface area contributed by atoms with Crippen LogP contribution < -0.4 is 5.46 Å². The molecule has 3 nitrogen and oxygen atoms in total. The first kappa shape index (κ1) is 8.32. The van der Waals surface area contributed by atoms with Gasteiger partial charge in [-0.3, -0.25) is 9.20 Å². The molecule has 0 atom stereocenters. The van der Waals surface area contributed by atoms with Crippen LogP contribution in [0.1, 0.15) is 10.5 Å². The maximum atomic E-state index is 10.9. The molecule has 0 aliphatic rings. The van der Waals surface area contributed by atoms with Crippen LogP contribution in [0, 0.1) is 0 Å². The van der Waals surface area contributed by atoms with Crippen molar-refractivity contribution in [3.8, 4) is 0 Å². The lowest BCUT2D eigenvalue weighted by Gasteiger charge is -1.97. The van der Waals surface area contributed by atoms with E-state index in [1.165, 1.54) is 6.20 Å². The quantitative estimate of drug-likeness (QED) is 0.485. The van der Waals surface area contributed by atoms with Gasteiger partial charge in [-0.2, -0.15) is 0 Å². The molecule has 2 heterocycles. The molecule has 0 fully saturated rings. The van der Waals surface area contributed by atoms with Crippen molar-refractivity contribution in [3.63, 3.8) is 0 Å². The van der Waals surface area contributed by atoms with Gasteiger partial charge in [0.05, 0.1) is 6.20 Å². The van der Waals surface area contributed by atoms with Gasteiger partial charge in [-0.05, 0) is 17.7 Å². The van der Waals surface area contributed by atoms with Crippen LogP contribution in [0.4, 0.5) is 0 Å². The van der Waals surface area contributed by atoms with Crippen molar-refractivity contribution in [1.82, 2.24) is 9.38 Å². The van der Waals surface area contributed by atoms with Crippen molar-refractivity contribution in [2.45, 2.75) is 0 Å².